The number of nitrogens with zero attached hydrogens (tertiary/aromatic N) is 2. The first-order valence-corrected chi connectivity index (χ1v) is 6.22. The Labute approximate surface area is 101 Å². The molecule has 0 aliphatic carbocycles. The minimum Gasteiger partial charge on any atom is -0.394 e. The van der Waals surface area contributed by atoms with E-state index in [9.17, 15) is 5.11 Å². The van der Waals surface area contributed by atoms with E-state index in [-0.39, 0.29) is 12.1 Å². The fourth-order valence-electron chi connectivity index (χ4n) is 1.18. The third-order valence-electron chi connectivity index (χ3n) is 2.43. The summed E-state index contributed by atoms with van der Waals surface area (Å²) in [6.07, 6.45) is 0. The van der Waals surface area contributed by atoms with Crippen molar-refractivity contribution < 1.29 is 5.11 Å². The van der Waals surface area contributed by atoms with Gasteiger partial charge in [0.15, 0.2) is 5.16 Å². The lowest BCUT2D eigenvalue weighted by molar-refractivity contribution is 0.200. The summed E-state index contributed by atoms with van der Waals surface area (Å²) in [5.41, 5.74) is 1.67. The molecule has 1 unspecified atom stereocenters. The van der Waals surface area contributed by atoms with E-state index in [1.54, 1.807) is 11.8 Å². The van der Waals surface area contributed by atoms with Crippen LogP contribution in [0.2, 0.25) is 0 Å². The minimum absolute atomic E-state index is 0.0985. The number of aliphatic hydroxyl groups excluding tert-OH is 1. The van der Waals surface area contributed by atoms with Gasteiger partial charge in [-0.3, -0.25) is 0 Å². The van der Waals surface area contributed by atoms with E-state index >= 15 is 0 Å². The Morgan fingerprint density at radius 3 is 2.38 bits per heavy atom. The number of hydrogen-bond acceptors (Lipinski definition) is 5. The molecule has 0 spiro atoms. The number of thioether (sulfide) groups is 1. The third-order valence-corrected chi connectivity index (χ3v) is 3.66. The molecule has 4 nitrogen and oxygen atoms in total. The molecular formula is C11H19N3OS. The predicted molar refractivity (Wildman–Crippen MR) is 66.8 cm³/mol. The lowest BCUT2D eigenvalue weighted by Crippen LogP contribution is -2.45. The van der Waals surface area contributed by atoms with Gasteiger partial charge in [-0.15, -0.1) is 0 Å². The SMILES string of the molecule is CNC(C)(CO)CSc1nc(C)cc(C)n1. The van der Waals surface area contributed by atoms with Gasteiger partial charge in [0, 0.05) is 22.7 Å². The second kappa shape index (κ2) is 5.61. The molecule has 1 aromatic rings. The molecule has 0 aliphatic rings. The van der Waals surface area contributed by atoms with Crippen LogP contribution in [0.25, 0.3) is 0 Å². The van der Waals surface area contributed by atoms with Gasteiger partial charge in [-0.25, -0.2) is 9.97 Å². The predicted octanol–water partition coefficient (Wildman–Crippen LogP) is 1.16. The highest BCUT2D eigenvalue weighted by Gasteiger charge is 2.21. The van der Waals surface area contributed by atoms with Gasteiger partial charge < -0.3 is 10.4 Å². The first-order chi connectivity index (χ1) is 7.49. The normalized spacial score (nSPS) is 14.8. The summed E-state index contributed by atoms with van der Waals surface area (Å²) in [4.78, 5) is 8.70. The molecule has 0 aromatic carbocycles. The topological polar surface area (TPSA) is 58.0 Å². The van der Waals surface area contributed by atoms with Gasteiger partial charge in [0.05, 0.1) is 6.61 Å². The molecule has 90 valence electrons. The van der Waals surface area contributed by atoms with Crippen LogP contribution in [0, 0.1) is 13.8 Å². The Morgan fingerprint density at radius 2 is 1.94 bits per heavy atom. The molecule has 0 amide bonds. The molecule has 0 saturated carbocycles. The highest BCUT2D eigenvalue weighted by Crippen LogP contribution is 2.19. The molecule has 16 heavy (non-hydrogen) atoms. The van der Waals surface area contributed by atoms with E-state index < -0.39 is 0 Å². The number of nitrogens with one attached hydrogen (secondary N) is 1. The van der Waals surface area contributed by atoms with Crippen LogP contribution < -0.4 is 5.32 Å². The van der Waals surface area contributed by atoms with Crippen LogP contribution in [-0.4, -0.2) is 40.0 Å². The van der Waals surface area contributed by atoms with Crippen LogP contribution >= 0.6 is 11.8 Å². The zero-order chi connectivity index (χ0) is 12.2. The van der Waals surface area contributed by atoms with Crippen LogP contribution in [0.5, 0.6) is 0 Å². The van der Waals surface area contributed by atoms with Gasteiger partial charge >= 0.3 is 0 Å². The van der Waals surface area contributed by atoms with Crippen molar-refractivity contribution in [3.8, 4) is 0 Å². The lowest BCUT2D eigenvalue weighted by Gasteiger charge is -2.25. The molecule has 1 atom stereocenters. The van der Waals surface area contributed by atoms with Crippen LogP contribution in [0.1, 0.15) is 18.3 Å². The van der Waals surface area contributed by atoms with Crippen molar-refractivity contribution in [2.45, 2.75) is 31.5 Å². The molecular weight excluding hydrogens is 222 g/mol. The van der Waals surface area contributed by atoms with Crippen molar-refractivity contribution >= 4 is 11.8 Å². The van der Waals surface area contributed by atoms with Gasteiger partial charge in [-0.1, -0.05) is 11.8 Å². The zero-order valence-corrected chi connectivity index (χ0v) is 11.1. The summed E-state index contributed by atoms with van der Waals surface area (Å²) in [5, 5.41) is 13.1. The Morgan fingerprint density at radius 1 is 1.38 bits per heavy atom. The summed E-state index contributed by atoms with van der Waals surface area (Å²) < 4.78 is 0. The molecule has 0 aliphatic heterocycles. The number of aromatic nitrogens is 2. The number of aliphatic hydroxyl groups is 1. The first kappa shape index (κ1) is 13.4. The van der Waals surface area contributed by atoms with Crippen LogP contribution in [0.4, 0.5) is 0 Å². The first-order valence-electron chi connectivity index (χ1n) is 5.24. The minimum atomic E-state index is -0.286. The fraction of sp³-hybridized carbons (Fsp3) is 0.636. The van der Waals surface area contributed by atoms with Gasteiger partial charge in [0.1, 0.15) is 0 Å². The van der Waals surface area contributed by atoms with Crippen molar-refractivity contribution in [1.29, 1.82) is 0 Å². The maximum Gasteiger partial charge on any atom is 0.188 e. The average Bonchev–Trinajstić information content (AvgIpc) is 2.25. The molecule has 1 rings (SSSR count). The second-order valence-electron chi connectivity index (χ2n) is 4.19. The largest absolute Gasteiger partial charge is 0.394 e. The third kappa shape index (κ3) is 3.73. The Balaban J connectivity index is 2.67. The monoisotopic (exact) mass is 241 g/mol. The molecule has 0 saturated heterocycles. The van der Waals surface area contributed by atoms with E-state index in [1.165, 1.54) is 0 Å². The van der Waals surface area contributed by atoms with Gasteiger partial charge in [-0.05, 0) is 33.9 Å². The standard InChI is InChI=1S/C11H19N3OS/c1-8-5-9(2)14-10(13-8)16-7-11(3,6-15)12-4/h5,12,15H,6-7H2,1-4H3. The molecule has 0 radical (unpaired) electrons. The van der Waals surface area contributed by atoms with E-state index in [0.717, 1.165) is 22.3 Å². The highest BCUT2D eigenvalue weighted by atomic mass is 32.2. The number of rotatable bonds is 5. The maximum atomic E-state index is 9.26. The quantitative estimate of drug-likeness (QED) is 0.598. The van der Waals surface area contributed by atoms with Crippen molar-refractivity contribution in [2.24, 2.45) is 0 Å². The van der Waals surface area contributed by atoms with Crippen molar-refractivity contribution in [1.82, 2.24) is 15.3 Å². The molecule has 2 N–H and O–H groups in total. The van der Waals surface area contributed by atoms with Gasteiger partial charge in [0.2, 0.25) is 0 Å². The molecule has 5 heteroatoms. The molecule has 1 aromatic heterocycles. The summed E-state index contributed by atoms with van der Waals surface area (Å²) in [7, 11) is 1.85. The summed E-state index contributed by atoms with van der Waals surface area (Å²) in [6.45, 7) is 5.99. The van der Waals surface area contributed by atoms with E-state index in [2.05, 4.69) is 15.3 Å². The molecule has 0 fully saturated rings. The van der Waals surface area contributed by atoms with E-state index in [4.69, 9.17) is 0 Å². The summed E-state index contributed by atoms with van der Waals surface area (Å²) in [5.74, 6) is 0.739. The summed E-state index contributed by atoms with van der Waals surface area (Å²) in [6, 6.07) is 1.95. The van der Waals surface area contributed by atoms with Crippen LogP contribution in [-0.2, 0) is 0 Å². The van der Waals surface area contributed by atoms with E-state index in [0.29, 0.717) is 0 Å². The summed E-state index contributed by atoms with van der Waals surface area (Å²) >= 11 is 1.56. The van der Waals surface area contributed by atoms with Gasteiger partial charge in [-0.2, -0.15) is 0 Å². The van der Waals surface area contributed by atoms with E-state index in [1.807, 2.05) is 33.9 Å². The van der Waals surface area contributed by atoms with Crippen molar-refractivity contribution in [3.63, 3.8) is 0 Å². The maximum absolute atomic E-state index is 9.26. The fourth-order valence-corrected chi connectivity index (χ4v) is 2.28. The number of hydrogen-bond donors (Lipinski definition) is 2. The number of aryl methyl sites for hydroxylation is 2. The molecule has 1 heterocycles. The Hall–Kier alpha value is -0.650. The molecule has 0 bridgehead atoms. The van der Waals surface area contributed by atoms with Crippen molar-refractivity contribution in [2.75, 3.05) is 19.4 Å². The van der Waals surface area contributed by atoms with Crippen LogP contribution in [0.3, 0.4) is 0 Å². The second-order valence-corrected chi connectivity index (χ2v) is 5.13. The smallest absolute Gasteiger partial charge is 0.188 e. The van der Waals surface area contributed by atoms with Crippen molar-refractivity contribution in [3.05, 3.63) is 17.5 Å². The lowest BCUT2D eigenvalue weighted by atomic mass is 10.1. The average molecular weight is 241 g/mol. The zero-order valence-electron chi connectivity index (χ0n) is 10.2. The Bertz CT molecular complexity index is 333. The number of likely N-dealkylation sites (N-methyl/N-ethyl adjacent to an activating group) is 1. The highest BCUT2D eigenvalue weighted by molar-refractivity contribution is 7.99. The van der Waals surface area contributed by atoms with Crippen LogP contribution in [0.15, 0.2) is 11.2 Å². The van der Waals surface area contributed by atoms with Gasteiger partial charge in [0.25, 0.3) is 0 Å². The Kier molecular flexibility index (Phi) is 4.70.